The summed E-state index contributed by atoms with van der Waals surface area (Å²) >= 11 is 11.4. The minimum absolute atomic E-state index is 0.0390. The van der Waals surface area contributed by atoms with Gasteiger partial charge in [-0.25, -0.2) is 9.97 Å². The van der Waals surface area contributed by atoms with Crippen LogP contribution in [0, 0.1) is 0 Å². The van der Waals surface area contributed by atoms with E-state index in [1.807, 2.05) is 11.8 Å². The third-order valence-electron chi connectivity index (χ3n) is 2.11. The van der Waals surface area contributed by atoms with Gasteiger partial charge in [0, 0.05) is 5.41 Å². The van der Waals surface area contributed by atoms with E-state index in [1.54, 1.807) is 0 Å². The number of hydrogen-bond acceptors (Lipinski definition) is 3. The first-order valence-electron chi connectivity index (χ1n) is 5.56. The highest BCUT2D eigenvalue weighted by atomic mass is 79.9. The highest BCUT2D eigenvalue weighted by Gasteiger charge is 2.22. The van der Waals surface area contributed by atoms with Crippen LogP contribution in [0.3, 0.4) is 0 Å². The molecule has 1 heterocycles. The molecule has 1 aromatic heterocycles. The van der Waals surface area contributed by atoms with Crippen LogP contribution < -0.4 is 0 Å². The van der Waals surface area contributed by atoms with Gasteiger partial charge in [0.15, 0.2) is 0 Å². The maximum atomic E-state index is 6.13. The molecule has 0 unspecified atom stereocenters. The predicted octanol–water partition coefficient (Wildman–Crippen LogP) is 4.83. The lowest BCUT2D eigenvalue weighted by atomic mass is 9.92. The Balaban J connectivity index is 3.07. The molecular weight excluding hydrogens is 320 g/mol. The molecule has 0 atom stereocenters. The lowest BCUT2D eigenvalue weighted by molar-refractivity contribution is 0.560. The summed E-state index contributed by atoms with van der Waals surface area (Å²) < 4.78 is 0.810. The normalized spacial score (nSPS) is 12.2. The van der Waals surface area contributed by atoms with Gasteiger partial charge in [-0.05, 0) is 21.2 Å². The highest BCUT2D eigenvalue weighted by molar-refractivity contribution is 9.10. The van der Waals surface area contributed by atoms with Gasteiger partial charge in [-0.2, -0.15) is 11.8 Å². The Morgan fingerprint density at radius 3 is 2.35 bits per heavy atom. The van der Waals surface area contributed by atoms with Crippen LogP contribution in [0.5, 0.6) is 0 Å². The lowest BCUT2D eigenvalue weighted by Crippen LogP contribution is -2.16. The van der Waals surface area contributed by atoms with E-state index in [9.17, 15) is 0 Å². The second-order valence-electron chi connectivity index (χ2n) is 5.20. The van der Waals surface area contributed by atoms with Crippen molar-refractivity contribution >= 4 is 39.3 Å². The lowest BCUT2D eigenvalue weighted by Gasteiger charge is -2.20. The van der Waals surface area contributed by atoms with Gasteiger partial charge >= 0.3 is 0 Å². The molecule has 1 rings (SSSR count). The van der Waals surface area contributed by atoms with E-state index in [0.29, 0.717) is 10.4 Å². The highest BCUT2D eigenvalue weighted by Crippen LogP contribution is 2.32. The molecule has 0 N–H and O–H groups in total. The SMILES string of the molecule is CC(C)SCc1nc(Cl)c(Br)c(C(C)(C)C)n1. The summed E-state index contributed by atoms with van der Waals surface area (Å²) in [5, 5.41) is 1.07. The van der Waals surface area contributed by atoms with E-state index >= 15 is 0 Å². The topological polar surface area (TPSA) is 25.8 Å². The molecular formula is C12H18BrClN2S. The molecule has 0 bridgehead atoms. The summed E-state index contributed by atoms with van der Waals surface area (Å²) in [5.41, 5.74) is 0.930. The number of rotatable bonds is 3. The van der Waals surface area contributed by atoms with Crippen molar-refractivity contribution in [2.75, 3.05) is 0 Å². The van der Waals surface area contributed by atoms with Gasteiger partial charge in [-0.1, -0.05) is 46.2 Å². The zero-order valence-corrected chi connectivity index (χ0v) is 14.0. The minimum Gasteiger partial charge on any atom is -0.235 e. The van der Waals surface area contributed by atoms with Gasteiger partial charge < -0.3 is 0 Å². The first-order chi connectivity index (χ1) is 7.71. The summed E-state index contributed by atoms with van der Waals surface area (Å²) in [6, 6.07) is 0. The smallest absolute Gasteiger partial charge is 0.147 e. The molecule has 0 aliphatic carbocycles. The Bertz CT molecular complexity index is 402. The van der Waals surface area contributed by atoms with Gasteiger partial charge in [-0.3, -0.25) is 0 Å². The minimum atomic E-state index is -0.0390. The molecule has 5 heteroatoms. The molecule has 0 aromatic carbocycles. The van der Waals surface area contributed by atoms with Crippen LogP contribution in [0.15, 0.2) is 4.47 Å². The number of nitrogens with zero attached hydrogens (tertiary/aromatic N) is 2. The van der Waals surface area contributed by atoms with Gasteiger partial charge in [0.25, 0.3) is 0 Å². The largest absolute Gasteiger partial charge is 0.235 e. The molecule has 0 aliphatic rings. The monoisotopic (exact) mass is 336 g/mol. The Labute approximate surface area is 121 Å². The molecule has 0 saturated heterocycles. The molecule has 96 valence electrons. The Kier molecular flexibility index (Phi) is 5.29. The van der Waals surface area contributed by atoms with E-state index in [1.165, 1.54) is 0 Å². The fourth-order valence-corrected chi connectivity index (χ4v) is 2.84. The average Bonchev–Trinajstić information content (AvgIpc) is 2.17. The third-order valence-corrected chi connectivity index (χ3v) is 4.46. The van der Waals surface area contributed by atoms with Crippen molar-refractivity contribution in [2.24, 2.45) is 0 Å². The molecule has 0 aliphatic heterocycles. The van der Waals surface area contributed by atoms with E-state index in [-0.39, 0.29) is 5.41 Å². The van der Waals surface area contributed by atoms with Crippen molar-refractivity contribution in [1.82, 2.24) is 9.97 Å². The number of aromatic nitrogens is 2. The standard InChI is InChI=1S/C12H18BrClN2S/c1-7(2)17-6-8-15-10(12(3,4)5)9(13)11(14)16-8/h7H,6H2,1-5H3. The van der Waals surface area contributed by atoms with Crippen molar-refractivity contribution in [2.45, 2.75) is 51.0 Å². The van der Waals surface area contributed by atoms with E-state index in [4.69, 9.17) is 11.6 Å². The summed E-state index contributed by atoms with van der Waals surface area (Å²) in [4.78, 5) is 8.92. The quantitative estimate of drug-likeness (QED) is 0.739. The van der Waals surface area contributed by atoms with E-state index < -0.39 is 0 Å². The van der Waals surface area contributed by atoms with Crippen molar-refractivity contribution in [3.63, 3.8) is 0 Å². The predicted molar refractivity (Wildman–Crippen MR) is 79.9 cm³/mol. The van der Waals surface area contributed by atoms with Crippen molar-refractivity contribution < 1.29 is 0 Å². The van der Waals surface area contributed by atoms with Crippen molar-refractivity contribution in [3.05, 3.63) is 21.1 Å². The summed E-state index contributed by atoms with van der Waals surface area (Å²) in [7, 11) is 0. The molecule has 0 radical (unpaired) electrons. The van der Waals surface area contributed by atoms with Gasteiger partial charge in [-0.15, -0.1) is 0 Å². The van der Waals surface area contributed by atoms with Crippen LogP contribution in [-0.2, 0) is 11.2 Å². The van der Waals surface area contributed by atoms with Gasteiger partial charge in [0.2, 0.25) is 0 Å². The Morgan fingerprint density at radius 1 is 1.29 bits per heavy atom. The summed E-state index contributed by atoms with van der Waals surface area (Å²) in [6.45, 7) is 10.7. The first kappa shape index (κ1) is 15.3. The molecule has 17 heavy (non-hydrogen) atoms. The zero-order chi connectivity index (χ0) is 13.2. The van der Waals surface area contributed by atoms with Crippen LogP contribution in [-0.4, -0.2) is 15.2 Å². The Hall–Kier alpha value is 0.200. The molecule has 0 amide bonds. The van der Waals surface area contributed by atoms with E-state index in [2.05, 4.69) is 60.5 Å². The van der Waals surface area contributed by atoms with Crippen LogP contribution in [0.2, 0.25) is 5.15 Å². The molecule has 0 spiro atoms. The van der Waals surface area contributed by atoms with Gasteiger partial charge in [0.05, 0.1) is 15.9 Å². The van der Waals surface area contributed by atoms with Gasteiger partial charge in [0.1, 0.15) is 11.0 Å². The van der Waals surface area contributed by atoms with Crippen molar-refractivity contribution in [1.29, 1.82) is 0 Å². The summed E-state index contributed by atoms with van der Waals surface area (Å²) in [6.07, 6.45) is 0. The first-order valence-corrected chi connectivity index (χ1v) is 7.77. The van der Waals surface area contributed by atoms with Crippen molar-refractivity contribution in [3.8, 4) is 0 Å². The number of thioether (sulfide) groups is 1. The fraction of sp³-hybridized carbons (Fsp3) is 0.667. The molecule has 0 saturated carbocycles. The summed E-state index contributed by atoms with van der Waals surface area (Å²) in [5.74, 6) is 1.61. The average molecular weight is 338 g/mol. The third kappa shape index (κ3) is 4.42. The maximum absolute atomic E-state index is 6.13. The fourth-order valence-electron chi connectivity index (χ4n) is 1.27. The van der Waals surface area contributed by atoms with Crippen LogP contribution >= 0.6 is 39.3 Å². The second-order valence-corrected chi connectivity index (χ2v) is 7.92. The molecule has 1 aromatic rings. The maximum Gasteiger partial charge on any atom is 0.147 e. The molecule has 2 nitrogen and oxygen atoms in total. The van der Waals surface area contributed by atoms with Crippen LogP contribution in [0.25, 0.3) is 0 Å². The number of hydrogen-bond donors (Lipinski definition) is 0. The van der Waals surface area contributed by atoms with Crippen LogP contribution in [0.1, 0.15) is 46.1 Å². The zero-order valence-electron chi connectivity index (χ0n) is 10.8. The van der Waals surface area contributed by atoms with Crippen LogP contribution in [0.4, 0.5) is 0 Å². The Morgan fingerprint density at radius 2 is 1.88 bits per heavy atom. The van der Waals surface area contributed by atoms with E-state index in [0.717, 1.165) is 21.7 Å². The number of halogens is 2. The second kappa shape index (κ2) is 5.89. The molecule has 0 fully saturated rings.